The lowest BCUT2D eigenvalue weighted by molar-refractivity contribution is -0.116. The largest absolute Gasteiger partial charge is 0.332 e. The van der Waals surface area contributed by atoms with E-state index in [1.54, 1.807) is 31.3 Å². The van der Waals surface area contributed by atoms with Gasteiger partial charge in [0.15, 0.2) is 0 Å². The second-order valence-electron chi connectivity index (χ2n) is 5.18. The van der Waals surface area contributed by atoms with E-state index in [-0.39, 0.29) is 18.4 Å². The number of rotatable bonds is 4. The lowest BCUT2D eigenvalue weighted by Crippen LogP contribution is -2.35. The van der Waals surface area contributed by atoms with Gasteiger partial charge >= 0.3 is 0 Å². The van der Waals surface area contributed by atoms with Gasteiger partial charge in [-0.1, -0.05) is 31.9 Å². The van der Waals surface area contributed by atoms with E-state index < -0.39 is 0 Å². The highest BCUT2D eigenvalue weighted by atomic mass is 79.9. The fraction of sp³-hybridized carbons (Fsp3) is 0.176. The molecule has 6 heteroatoms. The van der Waals surface area contributed by atoms with Crippen LogP contribution < -0.4 is 5.32 Å². The van der Waals surface area contributed by atoms with Gasteiger partial charge in [0.1, 0.15) is 0 Å². The zero-order chi connectivity index (χ0) is 17.0. The Labute approximate surface area is 152 Å². The number of aryl methyl sites for hydroxylation is 1. The Morgan fingerprint density at radius 3 is 2.26 bits per heavy atom. The van der Waals surface area contributed by atoms with Crippen LogP contribution in [0.4, 0.5) is 5.69 Å². The summed E-state index contributed by atoms with van der Waals surface area (Å²) < 4.78 is 1.86. The molecule has 2 rings (SSSR count). The summed E-state index contributed by atoms with van der Waals surface area (Å²) in [5.74, 6) is -0.427. The molecule has 0 heterocycles. The minimum absolute atomic E-state index is 0.00952. The standard InChI is InChI=1S/C17H16Br2N2O2/c1-11-9-14(19)7-8-15(11)20-16(22)10-21(2)17(23)12-3-5-13(18)6-4-12/h3-9H,10H2,1-2H3,(H,20,22). The third kappa shape index (κ3) is 4.91. The monoisotopic (exact) mass is 438 g/mol. The number of hydrogen-bond donors (Lipinski definition) is 1. The van der Waals surface area contributed by atoms with Gasteiger partial charge in [0, 0.05) is 27.2 Å². The number of benzene rings is 2. The van der Waals surface area contributed by atoms with Crippen LogP contribution in [0.5, 0.6) is 0 Å². The summed E-state index contributed by atoms with van der Waals surface area (Å²) in [5.41, 5.74) is 2.24. The lowest BCUT2D eigenvalue weighted by Gasteiger charge is -2.17. The summed E-state index contributed by atoms with van der Waals surface area (Å²) in [5, 5.41) is 2.82. The van der Waals surface area contributed by atoms with Gasteiger partial charge in [-0.05, 0) is 55.0 Å². The molecule has 0 aliphatic heterocycles. The second-order valence-corrected chi connectivity index (χ2v) is 7.01. The number of likely N-dealkylation sites (N-methyl/N-ethyl adjacent to an activating group) is 1. The first kappa shape index (κ1) is 17.7. The zero-order valence-electron chi connectivity index (χ0n) is 12.8. The van der Waals surface area contributed by atoms with Crippen LogP contribution in [-0.4, -0.2) is 30.3 Å². The molecule has 2 aromatic rings. The molecule has 1 N–H and O–H groups in total. The van der Waals surface area contributed by atoms with Crippen LogP contribution >= 0.6 is 31.9 Å². The first-order valence-corrected chi connectivity index (χ1v) is 8.52. The molecule has 0 aliphatic carbocycles. The van der Waals surface area contributed by atoms with Gasteiger partial charge in [0.05, 0.1) is 6.54 Å². The van der Waals surface area contributed by atoms with E-state index in [0.717, 1.165) is 20.2 Å². The van der Waals surface area contributed by atoms with E-state index in [1.807, 2.05) is 25.1 Å². The Bertz CT molecular complexity index is 730. The van der Waals surface area contributed by atoms with Crippen LogP contribution in [0.1, 0.15) is 15.9 Å². The molecule has 0 spiro atoms. The SMILES string of the molecule is Cc1cc(Br)ccc1NC(=O)CN(C)C(=O)c1ccc(Br)cc1. The van der Waals surface area contributed by atoms with Crippen molar-refractivity contribution < 1.29 is 9.59 Å². The lowest BCUT2D eigenvalue weighted by atomic mass is 10.2. The Morgan fingerprint density at radius 1 is 1.04 bits per heavy atom. The number of nitrogens with zero attached hydrogens (tertiary/aromatic N) is 1. The summed E-state index contributed by atoms with van der Waals surface area (Å²) in [6.07, 6.45) is 0. The molecule has 0 saturated carbocycles. The Morgan fingerprint density at radius 2 is 1.65 bits per heavy atom. The molecule has 0 aliphatic rings. The molecule has 0 aromatic heterocycles. The van der Waals surface area contributed by atoms with E-state index >= 15 is 0 Å². The summed E-state index contributed by atoms with van der Waals surface area (Å²) >= 11 is 6.71. The summed E-state index contributed by atoms with van der Waals surface area (Å²) in [6.45, 7) is 1.90. The molecule has 2 amide bonds. The first-order chi connectivity index (χ1) is 10.9. The van der Waals surface area contributed by atoms with Crippen molar-refractivity contribution in [3.05, 3.63) is 62.5 Å². The van der Waals surface area contributed by atoms with Crippen LogP contribution in [0.2, 0.25) is 0 Å². The van der Waals surface area contributed by atoms with Crippen LogP contribution in [0.25, 0.3) is 0 Å². The third-order valence-electron chi connectivity index (χ3n) is 3.28. The molecule has 0 bridgehead atoms. The predicted octanol–water partition coefficient (Wildman–Crippen LogP) is 4.23. The molecule has 0 unspecified atom stereocenters. The Kier molecular flexibility index (Phi) is 5.96. The molecule has 0 fully saturated rings. The maximum Gasteiger partial charge on any atom is 0.254 e. The Hall–Kier alpha value is -1.66. The predicted molar refractivity (Wildman–Crippen MR) is 98.6 cm³/mol. The van der Waals surface area contributed by atoms with Gasteiger partial charge in [-0.15, -0.1) is 0 Å². The molecular weight excluding hydrogens is 424 g/mol. The van der Waals surface area contributed by atoms with Gasteiger partial charge in [0.25, 0.3) is 5.91 Å². The molecule has 23 heavy (non-hydrogen) atoms. The maximum atomic E-state index is 12.3. The number of carbonyl (C=O) groups excluding carboxylic acids is 2. The van der Waals surface area contributed by atoms with Crippen molar-refractivity contribution in [2.75, 3.05) is 18.9 Å². The molecule has 0 saturated heterocycles. The number of hydrogen-bond acceptors (Lipinski definition) is 2. The van der Waals surface area contributed by atoms with Crippen molar-refractivity contribution in [1.29, 1.82) is 0 Å². The molecule has 120 valence electrons. The number of nitrogens with one attached hydrogen (secondary N) is 1. The quantitative estimate of drug-likeness (QED) is 0.774. The van der Waals surface area contributed by atoms with E-state index in [2.05, 4.69) is 37.2 Å². The van der Waals surface area contributed by atoms with Crippen LogP contribution in [0.15, 0.2) is 51.4 Å². The zero-order valence-corrected chi connectivity index (χ0v) is 15.9. The van der Waals surface area contributed by atoms with Gasteiger partial charge < -0.3 is 10.2 Å². The molecular formula is C17H16Br2N2O2. The van der Waals surface area contributed by atoms with Crippen molar-refractivity contribution in [3.63, 3.8) is 0 Å². The van der Waals surface area contributed by atoms with Gasteiger partial charge in [-0.25, -0.2) is 0 Å². The maximum absolute atomic E-state index is 12.3. The van der Waals surface area contributed by atoms with Gasteiger partial charge in [-0.3, -0.25) is 9.59 Å². The van der Waals surface area contributed by atoms with Crippen LogP contribution in [-0.2, 0) is 4.79 Å². The fourth-order valence-corrected chi connectivity index (χ4v) is 2.80. The smallest absolute Gasteiger partial charge is 0.254 e. The van der Waals surface area contributed by atoms with Crippen LogP contribution in [0.3, 0.4) is 0 Å². The average Bonchev–Trinajstić information content (AvgIpc) is 2.50. The van der Waals surface area contributed by atoms with E-state index in [9.17, 15) is 9.59 Å². The van der Waals surface area contributed by atoms with Gasteiger partial charge in [0.2, 0.25) is 5.91 Å². The summed E-state index contributed by atoms with van der Waals surface area (Å²) in [6, 6.07) is 12.7. The minimum Gasteiger partial charge on any atom is -0.332 e. The summed E-state index contributed by atoms with van der Waals surface area (Å²) in [4.78, 5) is 25.8. The van der Waals surface area contributed by atoms with Crippen molar-refractivity contribution in [1.82, 2.24) is 4.90 Å². The van der Waals surface area contributed by atoms with E-state index in [4.69, 9.17) is 0 Å². The average molecular weight is 440 g/mol. The van der Waals surface area contributed by atoms with Crippen LogP contribution in [0, 0.1) is 6.92 Å². The Balaban J connectivity index is 1.99. The third-order valence-corrected chi connectivity index (χ3v) is 4.30. The van der Waals surface area contributed by atoms with Crippen molar-refractivity contribution in [3.8, 4) is 0 Å². The summed E-state index contributed by atoms with van der Waals surface area (Å²) in [7, 11) is 1.61. The van der Waals surface area contributed by atoms with E-state index in [1.165, 1.54) is 4.90 Å². The highest BCUT2D eigenvalue weighted by molar-refractivity contribution is 9.10. The van der Waals surface area contributed by atoms with E-state index in [0.29, 0.717) is 5.56 Å². The molecule has 0 radical (unpaired) electrons. The number of carbonyl (C=O) groups is 2. The topological polar surface area (TPSA) is 49.4 Å². The van der Waals surface area contributed by atoms with Crippen molar-refractivity contribution in [2.45, 2.75) is 6.92 Å². The number of anilines is 1. The first-order valence-electron chi connectivity index (χ1n) is 6.94. The molecule has 0 atom stereocenters. The highest BCUT2D eigenvalue weighted by Crippen LogP contribution is 2.20. The minimum atomic E-state index is -0.233. The van der Waals surface area contributed by atoms with Crippen molar-refractivity contribution >= 4 is 49.4 Å². The molecule has 2 aromatic carbocycles. The number of amides is 2. The molecule has 4 nitrogen and oxygen atoms in total. The second kappa shape index (κ2) is 7.75. The number of halogens is 2. The normalized spacial score (nSPS) is 10.3. The van der Waals surface area contributed by atoms with Crippen molar-refractivity contribution in [2.24, 2.45) is 0 Å². The van der Waals surface area contributed by atoms with Gasteiger partial charge in [-0.2, -0.15) is 0 Å². The highest BCUT2D eigenvalue weighted by Gasteiger charge is 2.15. The fourth-order valence-electron chi connectivity index (χ4n) is 2.06.